The zero-order valence-electron chi connectivity index (χ0n) is 19.2. The molecule has 0 bridgehead atoms. The Balaban J connectivity index is 1.50. The Morgan fingerprint density at radius 3 is 2.24 bits per heavy atom. The molecule has 9 heteroatoms. The van der Waals surface area contributed by atoms with Crippen LogP contribution in [0.5, 0.6) is 11.5 Å². The van der Waals surface area contributed by atoms with Gasteiger partial charge in [0.2, 0.25) is 0 Å². The van der Waals surface area contributed by atoms with Crippen LogP contribution in [0.3, 0.4) is 0 Å². The molecule has 8 nitrogen and oxygen atoms in total. The fraction of sp³-hybridized carbons (Fsp3) is 0. The largest absolute Gasteiger partial charge is 0.457 e. The topological polar surface area (TPSA) is 99.3 Å². The number of rotatable bonds is 7. The number of non-ortho nitro benzene ring substituents is 1. The van der Waals surface area contributed by atoms with E-state index in [1.165, 1.54) is 42.5 Å². The van der Waals surface area contributed by atoms with Crippen molar-refractivity contribution in [2.45, 2.75) is 0 Å². The lowest BCUT2D eigenvalue weighted by Gasteiger charge is -2.10. The molecule has 0 aliphatic rings. The molecule has 1 N–H and O–H groups in total. The number of nitrogens with one attached hydrogen (secondary N) is 1. The van der Waals surface area contributed by atoms with E-state index in [1.54, 1.807) is 10.9 Å². The third-order valence-corrected chi connectivity index (χ3v) is 5.44. The monoisotopic (exact) mass is 494 g/mol. The second-order valence-corrected chi connectivity index (χ2v) is 8.02. The molecule has 1 amide bonds. The first kappa shape index (κ1) is 23.4. The van der Waals surface area contributed by atoms with Gasteiger partial charge in [-0.15, -0.1) is 0 Å². The highest BCUT2D eigenvalue weighted by Gasteiger charge is 2.20. The quantitative estimate of drug-likeness (QED) is 0.202. The van der Waals surface area contributed by atoms with E-state index in [9.17, 15) is 19.3 Å². The van der Waals surface area contributed by atoms with Crippen LogP contribution in [0, 0.1) is 15.9 Å². The summed E-state index contributed by atoms with van der Waals surface area (Å²) in [5.41, 5.74) is 2.12. The van der Waals surface area contributed by atoms with E-state index in [0.717, 1.165) is 11.3 Å². The summed E-state index contributed by atoms with van der Waals surface area (Å²) in [5.74, 6) is -0.548. The van der Waals surface area contributed by atoms with Crippen LogP contribution in [0.15, 0.2) is 109 Å². The normalized spacial score (nSPS) is 10.6. The van der Waals surface area contributed by atoms with Gasteiger partial charge >= 0.3 is 0 Å². The number of ether oxygens (including phenoxy) is 1. The molecule has 5 aromatic rings. The fourth-order valence-corrected chi connectivity index (χ4v) is 3.72. The van der Waals surface area contributed by atoms with Crippen LogP contribution < -0.4 is 10.1 Å². The number of halogens is 1. The Bertz CT molecular complexity index is 1570. The maximum atomic E-state index is 13.4. The Morgan fingerprint density at radius 2 is 1.57 bits per heavy atom. The number of anilines is 1. The van der Waals surface area contributed by atoms with E-state index in [2.05, 4.69) is 10.4 Å². The summed E-state index contributed by atoms with van der Waals surface area (Å²) in [4.78, 5) is 24.4. The van der Waals surface area contributed by atoms with Gasteiger partial charge in [-0.2, -0.15) is 5.10 Å². The van der Waals surface area contributed by atoms with Crippen molar-refractivity contribution in [1.29, 1.82) is 0 Å². The van der Waals surface area contributed by atoms with E-state index in [4.69, 9.17) is 4.74 Å². The zero-order valence-corrected chi connectivity index (χ0v) is 19.2. The molecule has 0 saturated carbocycles. The lowest BCUT2D eigenvalue weighted by atomic mass is 10.1. The number of aromatic nitrogens is 2. The van der Waals surface area contributed by atoms with Crippen LogP contribution in [0.25, 0.3) is 16.9 Å². The van der Waals surface area contributed by atoms with Gasteiger partial charge in [-0.05, 0) is 36.4 Å². The summed E-state index contributed by atoms with van der Waals surface area (Å²) >= 11 is 0. The highest BCUT2D eigenvalue weighted by molar-refractivity contribution is 6.08. The number of carbonyl (C=O) groups is 1. The first-order valence-corrected chi connectivity index (χ1v) is 11.2. The molecule has 0 unspecified atom stereocenters. The number of benzene rings is 4. The van der Waals surface area contributed by atoms with Crippen LogP contribution in [0.1, 0.15) is 10.4 Å². The van der Waals surface area contributed by atoms with Gasteiger partial charge < -0.3 is 10.1 Å². The van der Waals surface area contributed by atoms with Gasteiger partial charge in [-0.3, -0.25) is 14.9 Å². The first-order chi connectivity index (χ1) is 18.0. The molecule has 0 aliphatic heterocycles. The van der Waals surface area contributed by atoms with Crippen LogP contribution in [0.4, 0.5) is 15.8 Å². The van der Waals surface area contributed by atoms with Crippen LogP contribution in [-0.4, -0.2) is 20.6 Å². The summed E-state index contributed by atoms with van der Waals surface area (Å²) in [7, 11) is 0. The van der Waals surface area contributed by atoms with Crippen molar-refractivity contribution >= 4 is 17.3 Å². The predicted molar refractivity (Wildman–Crippen MR) is 137 cm³/mol. The second kappa shape index (κ2) is 10.1. The summed E-state index contributed by atoms with van der Waals surface area (Å²) in [5, 5.41) is 18.9. The molecule has 182 valence electrons. The number of nitro benzene ring substituents is 1. The highest BCUT2D eigenvalue weighted by Crippen LogP contribution is 2.31. The molecule has 4 aromatic carbocycles. The van der Waals surface area contributed by atoms with E-state index in [1.807, 2.05) is 60.7 Å². The molecule has 1 heterocycles. The Kier molecular flexibility index (Phi) is 6.41. The Labute approximate surface area is 210 Å². The number of amides is 1. The second-order valence-electron chi connectivity index (χ2n) is 8.02. The van der Waals surface area contributed by atoms with Gasteiger partial charge in [-0.1, -0.05) is 48.5 Å². The van der Waals surface area contributed by atoms with Gasteiger partial charge in [0.25, 0.3) is 11.6 Å². The third kappa shape index (κ3) is 5.35. The van der Waals surface area contributed by atoms with Crippen molar-refractivity contribution in [2.24, 2.45) is 0 Å². The molecule has 0 saturated heterocycles. The first-order valence-electron chi connectivity index (χ1n) is 11.2. The summed E-state index contributed by atoms with van der Waals surface area (Å²) in [6.07, 6.45) is 1.61. The average Bonchev–Trinajstić information content (AvgIpc) is 3.37. The molecule has 0 atom stereocenters. The van der Waals surface area contributed by atoms with E-state index < -0.39 is 16.6 Å². The lowest BCUT2D eigenvalue weighted by Crippen LogP contribution is -2.12. The van der Waals surface area contributed by atoms with Gasteiger partial charge in [0.05, 0.1) is 27.9 Å². The molecule has 5 rings (SSSR count). The number of nitro groups is 1. The smallest absolute Gasteiger partial charge is 0.275 e. The summed E-state index contributed by atoms with van der Waals surface area (Å²) in [6.45, 7) is 0. The lowest BCUT2D eigenvalue weighted by molar-refractivity contribution is -0.384. The van der Waals surface area contributed by atoms with Gasteiger partial charge in [0.15, 0.2) is 0 Å². The van der Waals surface area contributed by atoms with Crippen LogP contribution >= 0.6 is 0 Å². The summed E-state index contributed by atoms with van der Waals surface area (Å²) in [6, 6.07) is 27.7. The Hall–Kier alpha value is -5.31. The van der Waals surface area contributed by atoms with Crippen molar-refractivity contribution in [3.05, 3.63) is 131 Å². The number of para-hydroxylation sites is 1. The van der Waals surface area contributed by atoms with Gasteiger partial charge in [0.1, 0.15) is 23.0 Å². The maximum absolute atomic E-state index is 13.4. The minimum absolute atomic E-state index is 0.111. The Morgan fingerprint density at radius 1 is 0.892 bits per heavy atom. The van der Waals surface area contributed by atoms with Crippen molar-refractivity contribution in [1.82, 2.24) is 9.78 Å². The predicted octanol–water partition coefficient (Wildman–Crippen LogP) is 6.63. The molecular weight excluding hydrogens is 475 g/mol. The van der Waals surface area contributed by atoms with Gasteiger partial charge in [0, 0.05) is 23.9 Å². The number of hydrogen-bond donors (Lipinski definition) is 1. The average molecular weight is 494 g/mol. The number of nitrogens with zero attached hydrogens (tertiary/aromatic N) is 3. The van der Waals surface area contributed by atoms with Crippen LogP contribution in [0.2, 0.25) is 0 Å². The van der Waals surface area contributed by atoms with E-state index in [-0.39, 0.29) is 28.4 Å². The molecule has 0 aliphatic carbocycles. The van der Waals surface area contributed by atoms with Crippen molar-refractivity contribution in [3.8, 4) is 28.4 Å². The SMILES string of the molecule is O=C(Nc1cc(Oc2ccc(F)cc2)cc([N+](=O)[O-])c1)c1cn(-c2ccccc2)nc1-c1ccccc1. The zero-order chi connectivity index (χ0) is 25.8. The molecule has 37 heavy (non-hydrogen) atoms. The number of hydrogen-bond acceptors (Lipinski definition) is 5. The van der Waals surface area contributed by atoms with E-state index >= 15 is 0 Å². The van der Waals surface area contributed by atoms with Gasteiger partial charge in [-0.25, -0.2) is 9.07 Å². The maximum Gasteiger partial charge on any atom is 0.275 e. The van der Waals surface area contributed by atoms with Crippen molar-refractivity contribution in [3.63, 3.8) is 0 Å². The standard InChI is InChI=1S/C28H19FN4O4/c29-20-11-13-24(14-12-20)37-25-16-21(15-23(17-25)33(35)36)30-28(34)26-18-32(22-9-5-2-6-10-22)31-27(26)19-7-3-1-4-8-19/h1-18H,(H,30,34). The molecule has 0 fully saturated rings. The molecule has 0 radical (unpaired) electrons. The minimum atomic E-state index is -0.587. The summed E-state index contributed by atoms with van der Waals surface area (Å²) < 4.78 is 20.5. The molecular formula is C28H19FN4O4. The fourth-order valence-electron chi connectivity index (χ4n) is 3.72. The molecule has 1 aromatic heterocycles. The molecule has 0 spiro atoms. The van der Waals surface area contributed by atoms with Crippen molar-refractivity contribution in [2.75, 3.05) is 5.32 Å². The van der Waals surface area contributed by atoms with Crippen LogP contribution in [-0.2, 0) is 0 Å². The van der Waals surface area contributed by atoms with E-state index in [0.29, 0.717) is 5.69 Å². The number of carbonyl (C=O) groups excluding carboxylic acids is 1. The third-order valence-electron chi connectivity index (χ3n) is 5.44. The highest BCUT2D eigenvalue weighted by atomic mass is 19.1. The minimum Gasteiger partial charge on any atom is -0.457 e. The van der Waals surface area contributed by atoms with Crippen molar-refractivity contribution < 1.29 is 18.8 Å².